The first-order valence-electron chi connectivity index (χ1n) is 7.76. The first kappa shape index (κ1) is 17.2. The summed E-state index contributed by atoms with van der Waals surface area (Å²) in [6.07, 6.45) is 4.00. The summed E-state index contributed by atoms with van der Waals surface area (Å²) >= 11 is 1.54. The highest BCUT2D eigenvalue weighted by molar-refractivity contribution is 8.13. The summed E-state index contributed by atoms with van der Waals surface area (Å²) in [5.74, 6) is 1.19. The molecule has 3 N–H and O–H groups in total. The molecule has 1 aliphatic heterocycles. The van der Waals surface area contributed by atoms with Gasteiger partial charge in [0.25, 0.3) is 5.91 Å². The third-order valence-corrected chi connectivity index (χ3v) is 4.77. The SMILES string of the molecule is COc1ccc(C(=O)Nc2ccnc([C@]3(C)CCSC(N)=N3)c2)nc1. The zero-order chi connectivity index (χ0) is 17.9. The van der Waals surface area contributed by atoms with Gasteiger partial charge in [-0.3, -0.25) is 9.78 Å². The van der Waals surface area contributed by atoms with Crippen molar-refractivity contribution in [1.82, 2.24) is 9.97 Å². The predicted molar refractivity (Wildman–Crippen MR) is 99.0 cm³/mol. The Kier molecular flexibility index (Phi) is 4.89. The number of anilines is 1. The van der Waals surface area contributed by atoms with Crippen molar-refractivity contribution in [2.45, 2.75) is 18.9 Å². The fourth-order valence-electron chi connectivity index (χ4n) is 2.50. The standard InChI is InChI=1S/C17H19N5O2S/c1-17(6-8-25-16(18)22-17)14-9-11(5-7-19-14)21-15(23)13-4-3-12(24-2)10-20-13/h3-5,7,9-10H,6,8H2,1-2H3,(H2,18,22)(H,19,21,23)/t17-/m0/s1. The molecule has 3 heterocycles. The van der Waals surface area contributed by atoms with E-state index in [2.05, 4.69) is 20.3 Å². The number of aromatic nitrogens is 2. The number of carbonyl (C=O) groups is 1. The summed E-state index contributed by atoms with van der Waals surface area (Å²) < 4.78 is 5.04. The Labute approximate surface area is 150 Å². The first-order valence-corrected chi connectivity index (χ1v) is 8.75. The third-order valence-electron chi connectivity index (χ3n) is 3.97. The molecule has 25 heavy (non-hydrogen) atoms. The largest absolute Gasteiger partial charge is 0.495 e. The number of hydrogen-bond donors (Lipinski definition) is 2. The van der Waals surface area contributed by atoms with Crippen LogP contribution in [-0.4, -0.2) is 33.9 Å². The molecule has 8 heteroatoms. The predicted octanol–water partition coefficient (Wildman–Crippen LogP) is 2.40. The second-order valence-corrected chi connectivity index (χ2v) is 6.90. The van der Waals surface area contributed by atoms with E-state index in [-0.39, 0.29) is 5.91 Å². The van der Waals surface area contributed by atoms with Gasteiger partial charge in [-0.1, -0.05) is 11.8 Å². The molecule has 1 amide bonds. The van der Waals surface area contributed by atoms with Crippen LogP contribution < -0.4 is 15.8 Å². The van der Waals surface area contributed by atoms with Crippen LogP contribution in [0, 0.1) is 0 Å². The molecule has 0 bridgehead atoms. The van der Waals surface area contributed by atoms with Gasteiger partial charge < -0.3 is 15.8 Å². The van der Waals surface area contributed by atoms with Crippen LogP contribution in [0.5, 0.6) is 5.75 Å². The van der Waals surface area contributed by atoms with Crippen LogP contribution in [-0.2, 0) is 5.54 Å². The Morgan fingerprint density at radius 3 is 2.88 bits per heavy atom. The third kappa shape index (κ3) is 3.90. The summed E-state index contributed by atoms with van der Waals surface area (Å²) in [7, 11) is 1.55. The number of amides is 1. The maximum Gasteiger partial charge on any atom is 0.274 e. The molecule has 130 valence electrons. The zero-order valence-corrected chi connectivity index (χ0v) is 14.8. The number of rotatable bonds is 4. The van der Waals surface area contributed by atoms with E-state index < -0.39 is 5.54 Å². The highest BCUT2D eigenvalue weighted by atomic mass is 32.2. The molecule has 0 aliphatic carbocycles. The zero-order valence-electron chi connectivity index (χ0n) is 14.0. The topological polar surface area (TPSA) is 102 Å². The van der Waals surface area contributed by atoms with Crippen LogP contribution in [0.2, 0.25) is 0 Å². The number of thioether (sulfide) groups is 1. The minimum absolute atomic E-state index is 0.299. The van der Waals surface area contributed by atoms with Crippen LogP contribution in [0.15, 0.2) is 41.7 Å². The minimum Gasteiger partial charge on any atom is -0.495 e. The average molecular weight is 357 g/mol. The van der Waals surface area contributed by atoms with E-state index >= 15 is 0 Å². The van der Waals surface area contributed by atoms with Crippen LogP contribution >= 0.6 is 11.8 Å². The highest BCUT2D eigenvalue weighted by Crippen LogP contribution is 2.34. The first-order chi connectivity index (χ1) is 12.0. The number of hydrogen-bond acceptors (Lipinski definition) is 7. The summed E-state index contributed by atoms with van der Waals surface area (Å²) in [6, 6.07) is 6.87. The molecule has 0 aromatic carbocycles. The van der Waals surface area contributed by atoms with Gasteiger partial charge in [0.05, 0.1) is 19.0 Å². The van der Waals surface area contributed by atoms with Gasteiger partial charge in [0, 0.05) is 17.6 Å². The lowest BCUT2D eigenvalue weighted by atomic mass is 9.94. The molecular weight excluding hydrogens is 338 g/mol. The van der Waals surface area contributed by atoms with Crippen molar-refractivity contribution >= 4 is 28.5 Å². The van der Waals surface area contributed by atoms with Gasteiger partial charge in [-0.2, -0.15) is 0 Å². The monoisotopic (exact) mass is 357 g/mol. The number of ether oxygens (including phenoxy) is 1. The summed E-state index contributed by atoms with van der Waals surface area (Å²) in [5.41, 5.74) is 7.11. The van der Waals surface area contributed by atoms with E-state index in [0.717, 1.165) is 17.9 Å². The molecule has 1 aliphatic rings. The van der Waals surface area contributed by atoms with Gasteiger partial charge in [0.15, 0.2) is 5.17 Å². The average Bonchev–Trinajstić information content (AvgIpc) is 2.62. The number of nitrogens with two attached hydrogens (primary N) is 1. The number of pyridine rings is 2. The van der Waals surface area contributed by atoms with Gasteiger partial charge in [0.1, 0.15) is 17.0 Å². The smallest absolute Gasteiger partial charge is 0.274 e. The van der Waals surface area contributed by atoms with E-state index in [1.807, 2.05) is 13.0 Å². The molecule has 0 radical (unpaired) electrons. The van der Waals surface area contributed by atoms with Crippen molar-refractivity contribution in [3.8, 4) is 5.75 Å². The molecule has 0 saturated heterocycles. The van der Waals surface area contributed by atoms with E-state index in [0.29, 0.717) is 22.3 Å². The van der Waals surface area contributed by atoms with Gasteiger partial charge >= 0.3 is 0 Å². The fraction of sp³-hybridized carbons (Fsp3) is 0.294. The molecule has 0 saturated carbocycles. The van der Waals surface area contributed by atoms with E-state index in [9.17, 15) is 4.79 Å². The lowest BCUT2D eigenvalue weighted by molar-refractivity contribution is 0.102. The van der Waals surface area contributed by atoms with Gasteiger partial charge in [0.2, 0.25) is 0 Å². The second kappa shape index (κ2) is 7.10. The van der Waals surface area contributed by atoms with Crippen molar-refractivity contribution in [3.05, 3.63) is 48.0 Å². The van der Waals surface area contributed by atoms with Crippen molar-refractivity contribution in [2.24, 2.45) is 10.7 Å². The maximum absolute atomic E-state index is 12.3. The molecule has 3 rings (SSSR count). The molecule has 2 aromatic heterocycles. The number of aliphatic imine (C=N–C) groups is 1. The van der Waals surface area contributed by atoms with Crippen LogP contribution in [0.25, 0.3) is 0 Å². The lowest BCUT2D eigenvalue weighted by Crippen LogP contribution is -2.29. The van der Waals surface area contributed by atoms with Crippen molar-refractivity contribution < 1.29 is 9.53 Å². The summed E-state index contributed by atoms with van der Waals surface area (Å²) in [5, 5.41) is 3.40. The van der Waals surface area contributed by atoms with Crippen LogP contribution in [0.3, 0.4) is 0 Å². The van der Waals surface area contributed by atoms with Gasteiger partial charge in [-0.05, 0) is 37.6 Å². The number of methoxy groups -OCH3 is 1. The minimum atomic E-state index is -0.478. The van der Waals surface area contributed by atoms with Gasteiger partial charge in [-0.15, -0.1) is 0 Å². The quantitative estimate of drug-likeness (QED) is 0.871. The number of carbonyl (C=O) groups excluding carboxylic acids is 1. The number of nitrogens with one attached hydrogen (secondary N) is 1. The number of amidine groups is 1. The molecule has 0 unspecified atom stereocenters. The Morgan fingerprint density at radius 2 is 2.20 bits per heavy atom. The Bertz CT molecular complexity index is 809. The van der Waals surface area contributed by atoms with Crippen molar-refractivity contribution in [1.29, 1.82) is 0 Å². The molecule has 7 nitrogen and oxygen atoms in total. The molecular formula is C17H19N5O2S. The molecule has 0 spiro atoms. The van der Waals surface area contributed by atoms with E-state index in [4.69, 9.17) is 10.5 Å². The molecule has 1 atom stereocenters. The fourth-order valence-corrected chi connectivity index (χ4v) is 3.48. The molecule has 0 fully saturated rings. The van der Waals surface area contributed by atoms with Crippen molar-refractivity contribution in [3.63, 3.8) is 0 Å². The van der Waals surface area contributed by atoms with Gasteiger partial charge in [-0.25, -0.2) is 9.98 Å². The van der Waals surface area contributed by atoms with E-state index in [1.54, 1.807) is 43.3 Å². The Balaban J connectivity index is 1.79. The maximum atomic E-state index is 12.3. The summed E-state index contributed by atoms with van der Waals surface area (Å²) in [4.78, 5) is 25.4. The molecule has 2 aromatic rings. The Morgan fingerprint density at radius 1 is 1.36 bits per heavy atom. The second-order valence-electron chi connectivity index (χ2n) is 5.79. The Hall–Kier alpha value is -2.61. The lowest BCUT2D eigenvalue weighted by Gasteiger charge is -2.28. The van der Waals surface area contributed by atoms with Crippen LogP contribution in [0.4, 0.5) is 5.69 Å². The highest BCUT2D eigenvalue weighted by Gasteiger charge is 2.31. The summed E-state index contributed by atoms with van der Waals surface area (Å²) in [6.45, 7) is 2.00. The van der Waals surface area contributed by atoms with E-state index in [1.165, 1.54) is 6.20 Å². The normalized spacial score (nSPS) is 19.8. The van der Waals surface area contributed by atoms with Crippen LogP contribution in [0.1, 0.15) is 29.5 Å². The number of nitrogens with zero attached hydrogens (tertiary/aromatic N) is 3. The van der Waals surface area contributed by atoms with Crippen molar-refractivity contribution in [2.75, 3.05) is 18.2 Å².